The lowest BCUT2D eigenvalue weighted by atomic mass is 10.1. The second kappa shape index (κ2) is 9.41. The molecule has 34 heavy (non-hydrogen) atoms. The molecule has 8 nitrogen and oxygen atoms in total. The van der Waals surface area contributed by atoms with Crippen LogP contribution in [-0.4, -0.2) is 36.5 Å². The summed E-state index contributed by atoms with van der Waals surface area (Å²) in [7, 11) is 0. The molecule has 0 aliphatic rings. The fourth-order valence-corrected chi connectivity index (χ4v) is 3.54. The van der Waals surface area contributed by atoms with Gasteiger partial charge >= 0.3 is 0 Å². The molecule has 0 saturated heterocycles. The quantitative estimate of drug-likeness (QED) is 0.369. The van der Waals surface area contributed by atoms with Crippen LogP contribution in [0.1, 0.15) is 23.2 Å². The van der Waals surface area contributed by atoms with E-state index < -0.39 is 0 Å². The van der Waals surface area contributed by atoms with Gasteiger partial charge in [0.05, 0.1) is 5.69 Å². The maximum absolute atomic E-state index is 12.3. The Bertz CT molecular complexity index is 1450. The van der Waals surface area contributed by atoms with Gasteiger partial charge in [-0.3, -0.25) is 14.6 Å². The molecule has 5 aromatic rings. The highest BCUT2D eigenvalue weighted by molar-refractivity contribution is 6.00. The lowest BCUT2D eigenvalue weighted by Gasteiger charge is -2.07. The Balaban J connectivity index is 1.27. The van der Waals surface area contributed by atoms with Crippen molar-refractivity contribution in [3.8, 4) is 22.8 Å². The molecule has 0 unspecified atom stereocenters. The standard InChI is InChI=1S/C26H20N6O2/c33-23(19-6-2-1-3-7-19)14-16-25(34)28-20-11-9-18(10-12-20)21-13-15-24-29-30-26(32(24)31-21)22-8-4-5-17-27-22/h1-13,15,17H,14,16H2,(H,28,34). The normalized spacial score (nSPS) is 10.8. The van der Waals surface area contributed by atoms with E-state index in [1.165, 1.54) is 0 Å². The number of rotatable bonds is 7. The molecule has 3 aromatic heterocycles. The van der Waals surface area contributed by atoms with Crippen molar-refractivity contribution in [3.05, 3.63) is 96.7 Å². The molecular weight excluding hydrogens is 428 g/mol. The largest absolute Gasteiger partial charge is 0.326 e. The highest BCUT2D eigenvalue weighted by atomic mass is 16.2. The fraction of sp³-hybridized carbons (Fsp3) is 0.0769. The number of benzene rings is 2. The van der Waals surface area contributed by atoms with Crippen molar-refractivity contribution in [2.75, 3.05) is 5.32 Å². The molecular formula is C26H20N6O2. The summed E-state index contributed by atoms with van der Waals surface area (Å²) < 4.78 is 1.66. The number of carbonyl (C=O) groups is 2. The molecule has 0 saturated carbocycles. The van der Waals surface area contributed by atoms with E-state index in [9.17, 15) is 9.59 Å². The molecule has 0 atom stereocenters. The average Bonchev–Trinajstić information content (AvgIpc) is 3.32. The maximum Gasteiger partial charge on any atom is 0.224 e. The zero-order chi connectivity index (χ0) is 23.3. The first-order valence-electron chi connectivity index (χ1n) is 10.8. The molecule has 0 bridgehead atoms. The molecule has 5 rings (SSSR count). The van der Waals surface area contributed by atoms with E-state index in [0.717, 1.165) is 11.3 Å². The van der Waals surface area contributed by atoms with Gasteiger partial charge in [0.2, 0.25) is 11.7 Å². The Morgan fingerprint density at radius 2 is 1.56 bits per heavy atom. The highest BCUT2D eigenvalue weighted by Crippen LogP contribution is 2.22. The minimum absolute atomic E-state index is 0.0494. The SMILES string of the molecule is O=C(CCC(=O)c1ccccc1)Nc1ccc(-c2ccc3nnc(-c4ccccn4)n3n2)cc1. The monoisotopic (exact) mass is 448 g/mol. The molecule has 0 aliphatic heterocycles. The topological polar surface area (TPSA) is 102 Å². The van der Waals surface area contributed by atoms with Crippen molar-refractivity contribution in [1.82, 2.24) is 24.8 Å². The summed E-state index contributed by atoms with van der Waals surface area (Å²) in [4.78, 5) is 28.8. The van der Waals surface area contributed by atoms with Crippen molar-refractivity contribution in [2.24, 2.45) is 0 Å². The third-order valence-electron chi connectivity index (χ3n) is 5.30. The van der Waals surface area contributed by atoms with Crippen LogP contribution in [0.5, 0.6) is 0 Å². The number of fused-ring (bicyclic) bond motifs is 1. The predicted octanol–water partition coefficient (Wildman–Crippen LogP) is 4.45. The van der Waals surface area contributed by atoms with Gasteiger partial charge < -0.3 is 5.32 Å². The predicted molar refractivity (Wildman–Crippen MR) is 128 cm³/mol. The van der Waals surface area contributed by atoms with Crippen molar-refractivity contribution in [2.45, 2.75) is 12.8 Å². The van der Waals surface area contributed by atoms with E-state index in [4.69, 9.17) is 0 Å². The maximum atomic E-state index is 12.3. The van der Waals surface area contributed by atoms with E-state index >= 15 is 0 Å². The van der Waals surface area contributed by atoms with Crippen LogP contribution in [0.3, 0.4) is 0 Å². The fourth-order valence-electron chi connectivity index (χ4n) is 3.54. The molecule has 1 amide bonds. The number of ketones is 1. The summed E-state index contributed by atoms with van der Waals surface area (Å²) >= 11 is 0. The van der Waals surface area contributed by atoms with Crippen molar-refractivity contribution >= 4 is 23.0 Å². The number of hydrogen-bond acceptors (Lipinski definition) is 6. The number of pyridine rings is 1. The van der Waals surface area contributed by atoms with Crippen LogP contribution in [0.4, 0.5) is 5.69 Å². The van der Waals surface area contributed by atoms with E-state index in [-0.39, 0.29) is 24.5 Å². The summed E-state index contributed by atoms with van der Waals surface area (Å²) in [5.41, 5.74) is 4.18. The van der Waals surface area contributed by atoms with E-state index in [2.05, 4.69) is 25.6 Å². The van der Waals surface area contributed by atoms with Crippen LogP contribution in [-0.2, 0) is 4.79 Å². The van der Waals surface area contributed by atoms with Crippen LogP contribution in [0.15, 0.2) is 91.1 Å². The number of aromatic nitrogens is 5. The molecule has 3 heterocycles. The lowest BCUT2D eigenvalue weighted by molar-refractivity contribution is -0.116. The molecule has 8 heteroatoms. The lowest BCUT2D eigenvalue weighted by Crippen LogP contribution is -2.13. The second-order valence-corrected chi connectivity index (χ2v) is 7.64. The summed E-state index contributed by atoms with van der Waals surface area (Å²) in [6.45, 7) is 0. The Hall–Kier alpha value is -4.72. The Kier molecular flexibility index (Phi) is 5.85. The molecule has 0 spiro atoms. The van der Waals surface area contributed by atoms with Gasteiger partial charge in [-0.2, -0.15) is 9.61 Å². The van der Waals surface area contributed by atoms with E-state index in [1.807, 2.05) is 72.8 Å². The minimum atomic E-state index is -0.207. The van der Waals surface area contributed by atoms with Crippen molar-refractivity contribution in [3.63, 3.8) is 0 Å². The summed E-state index contributed by atoms with van der Waals surface area (Å²) in [5, 5.41) is 15.9. The summed E-state index contributed by atoms with van der Waals surface area (Å²) in [6.07, 6.45) is 1.98. The van der Waals surface area contributed by atoms with Crippen LogP contribution in [0.25, 0.3) is 28.4 Å². The molecule has 0 radical (unpaired) electrons. The van der Waals surface area contributed by atoms with Gasteiger partial charge in [-0.25, -0.2) is 0 Å². The molecule has 1 N–H and O–H groups in total. The number of anilines is 1. The minimum Gasteiger partial charge on any atom is -0.326 e. The zero-order valence-electron chi connectivity index (χ0n) is 18.1. The van der Waals surface area contributed by atoms with Gasteiger partial charge in [0.1, 0.15) is 5.69 Å². The first-order valence-corrected chi connectivity index (χ1v) is 10.8. The van der Waals surface area contributed by atoms with Gasteiger partial charge in [0.15, 0.2) is 11.4 Å². The molecule has 166 valence electrons. The smallest absolute Gasteiger partial charge is 0.224 e. The van der Waals surface area contributed by atoms with E-state index in [1.54, 1.807) is 22.8 Å². The van der Waals surface area contributed by atoms with Crippen molar-refractivity contribution in [1.29, 1.82) is 0 Å². The van der Waals surface area contributed by atoms with Crippen LogP contribution >= 0.6 is 0 Å². The number of amides is 1. The molecule has 2 aromatic carbocycles. The van der Waals surface area contributed by atoms with Gasteiger partial charge in [0.25, 0.3) is 0 Å². The third kappa shape index (κ3) is 4.56. The first kappa shape index (κ1) is 21.1. The Morgan fingerprint density at radius 3 is 2.32 bits per heavy atom. The Morgan fingerprint density at radius 1 is 0.765 bits per heavy atom. The summed E-state index contributed by atoms with van der Waals surface area (Å²) in [5.74, 6) is 0.305. The van der Waals surface area contributed by atoms with Gasteiger partial charge in [-0.05, 0) is 36.4 Å². The van der Waals surface area contributed by atoms with Crippen LogP contribution in [0.2, 0.25) is 0 Å². The second-order valence-electron chi connectivity index (χ2n) is 7.64. The average molecular weight is 448 g/mol. The number of nitrogens with zero attached hydrogens (tertiary/aromatic N) is 5. The summed E-state index contributed by atoms with van der Waals surface area (Å²) in [6, 6.07) is 25.7. The van der Waals surface area contributed by atoms with E-state index in [0.29, 0.717) is 28.4 Å². The molecule has 0 aliphatic carbocycles. The first-order chi connectivity index (χ1) is 16.7. The van der Waals surface area contributed by atoms with Gasteiger partial charge in [-0.15, -0.1) is 10.2 Å². The Labute approximate surface area is 195 Å². The number of carbonyl (C=O) groups excluding carboxylic acids is 2. The number of nitrogens with one attached hydrogen (secondary N) is 1. The van der Waals surface area contributed by atoms with Crippen molar-refractivity contribution < 1.29 is 9.59 Å². The van der Waals surface area contributed by atoms with Gasteiger partial charge in [0, 0.05) is 35.9 Å². The van der Waals surface area contributed by atoms with Gasteiger partial charge in [-0.1, -0.05) is 48.5 Å². The number of hydrogen-bond donors (Lipinski definition) is 1. The zero-order valence-corrected chi connectivity index (χ0v) is 18.1. The van der Waals surface area contributed by atoms with Crippen LogP contribution in [0, 0.1) is 0 Å². The van der Waals surface area contributed by atoms with Crippen LogP contribution < -0.4 is 5.32 Å². The third-order valence-corrected chi connectivity index (χ3v) is 5.30. The highest BCUT2D eigenvalue weighted by Gasteiger charge is 2.12. The number of Topliss-reactive ketones (excluding diaryl/α,β-unsaturated/α-hetero) is 1. The molecule has 0 fully saturated rings.